The van der Waals surface area contributed by atoms with Gasteiger partial charge in [0, 0.05) is 24.0 Å². The molecule has 4 aromatic rings. The van der Waals surface area contributed by atoms with Crippen LogP contribution in [-0.4, -0.2) is 32.8 Å². The first-order chi connectivity index (χ1) is 12.9. The van der Waals surface area contributed by atoms with Crippen molar-refractivity contribution in [3.8, 4) is 0 Å². The third-order valence-electron chi connectivity index (χ3n) is 4.53. The third kappa shape index (κ3) is 3.08. The van der Waals surface area contributed by atoms with Crippen LogP contribution in [0.15, 0.2) is 47.3 Å². The molecule has 1 amide bonds. The normalized spacial score (nSPS) is 11.2. The van der Waals surface area contributed by atoms with Gasteiger partial charge >= 0.3 is 0 Å². The fourth-order valence-corrected chi connectivity index (χ4v) is 3.21. The summed E-state index contributed by atoms with van der Waals surface area (Å²) in [4.78, 5) is 36.6. The van der Waals surface area contributed by atoms with Crippen molar-refractivity contribution in [2.75, 3.05) is 7.05 Å². The highest BCUT2D eigenvalue weighted by atomic mass is 19.1. The van der Waals surface area contributed by atoms with Crippen LogP contribution in [-0.2, 0) is 6.54 Å². The number of hydrogen-bond acceptors (Lipinski definition) is 3. The average Bonchev–Trinajstić information content (AvgIpc) is 3.04. The van der Waals surface area contributed by atoms with Crippen LogP contribution in [0.4, 0.5) is 4.39 Å². The van der Waals surface area contributed by atoms with E-state index in [0.717, 1.165) is 16.6 Å². The highest BCUT2D eigenvalue weighted by molar-refractivity contribution is 6.05. The molecule has 27 heavy (non-hydrogen) atoms. The maximum absolute atomic E-state index is 13.7. The van der Waals surface area contributed by atoms with E-state index in [2.05, 4.69) is 15.0 Å². The molecule has 7 heteroatoms. The molecule has 4 rings (SSSR count). The van der Waals surface area contributed by atoms with Gasteiger partial charge in [-0.15, -0.1) is 0 Å². The van der Waals surface area contributed by atoms with Gasteiger partial charge < -0.3 is 14.9 Å². The van der Waals surface area contributed by atoms with E-state index in [0.29, 0.717) is 16.7 Å². The first-order valence-electron chi connectivity index (χ1n) is 8.44. The van der Waals surface area contributed by atoms with Gasteiger partial charge in [0.1, 0.15) is 11.6 Å². The summed E-state index contributed by atoms with van der Waals surface area (Å²) in [6, 6.07) is 11.0. The minimum atomic E-state index is -0.473. The van der Waals surface area contributed by atoms with Crippen LogP contribution in [0.5, 0.6) is 0 Å². The summed E-state index contributed by atoms with van der Waals surface area (Å²) in [6.45, 7) is 2.20. The molecule has 136 valence electrons. The van der Waals surface area contributed by atoms with Crippen molar-refractivity contribution in [3.63, 3.8) is 0 Å². The molecule has 0 bridgehead atoms. The Morgan fingerprint density at radius 1 is 1.15 bits per heavy atom. The van der Waals surface area contributed by atoms with Crippen molar-refractivity contribution in [3.05, 3.63) is 75.6 Å². The van der Waals surface area contributed by atoms with Gasteiger partial charge in [-0.1, -0.05) is 12.1 Å². The first kappa shape index (κ1) is 17.0. The second-order valence-electron chi connectivity index (χ2n) is 6.55. The molecule has 0 aliphatic heterocycles. The maximum Gasteiger partial charge on any atom is 0.254 e. The van der Waals surface area contributed by atoms with Crippen molar-refractivity contribution in [1.29, 1.82) is 0 Å². The van der Waals surface area contributed by atoms with Crippen molar-refractivity contribution in [2.24, 2.45) is 0 Å². The lowest BCUT2D eigenvalue weighted by Gasteiger charge is -2.17. The summed E-state index contributed by atoms with van der Waals surface area (Å²) < 4.78 is 13.7. The van der Waals surface area contributed by atoms with Gasteiger partial charge in [0.05, 0.1) is 23.1 Å². The number of nitrogens with zero attached hydrogens (tertiary/aromatic N) is 2. The number of rotatable bonds is 3. The predicted octanol–water partition coefficient (Wildman–Crippen LogP) is 3.12. The van der Waals surface area contributed by atoms with E-state index in [1.54, 1.807) is 7.05 Å². The minimum absolute atomic E-state index is 0.156. The van der Waals surface area contributed by atoms with E-state index >= 15 is 0 Å². The molecule has 2 heterocycles. The molecule has 0 aliphatic rings. The smallest absolute Gasteiger partial charge is 0.254 e. The Kier molecular flexibility index (Phi) is 3.99. The molecule has 0 aliphatic carbocycles. The summed E-state index contributed by atoms with van der Waals surface area (Å²) in [5.74, 6) is -0.219. The van der Waals surface area contributed by atoms with Crippen LogP contribution in [0.25, 0.3) is 21.9 Å². The molecule has 0 saturated carbocycles. The number of imidazole rings is 1. The number of aromatic nitrogens is 3. The second kappa shape index (κ2) is 6.35. The number of aromatic amines is 2. The monoisotopic (exact) mass is 364 g/mol. The van der Waals surface area contributed by atoms with Gasteiger partial charge in [0.25, 0.3) is 5.91 Å². The van der Waals surface area contributed by atoms with Gasteiger partial charge in [-0.2, -0.15) is 0 Å². The lowest BCUT2D eigenvalue weighted by molar-refractivity contribution is 0.0783. The highest BCUT2D eigenvalue weighted by Crippen LogP contribution is 2.20. The molecular weight excluding hydrogens is 347 g/mol. The fraction of sp³-hybridized carbons (Fsp3) is 0.150. The number of hydrogen-bond donors (Lipinski definition) is 2. The number of amides is 1. The molecule has 2 aromatic heterocycles. The van der Waals surface area contributed by atoms with Crippen molar-refractivity contribution >= 4 is 27.8 Å². The molecule has 0 radical (unpaired) electrons. The van der Waals surface area contributed by atoms with Gasteiger partial charge in [-0.25, -0.2) is 9.37 Å². The van der Waals surface area contributed by atoms with Crippen LogP contribution in [0.3, 0.4) is 0 Å². The number of carbonyl (C=O) groups is 1. The quantitative estimate of drug-likeness (QED) is 0.586. The number of carbonyl (C=O) groups excluding carboxylic acids is 1. The predicted molar refractivity (Wildman–Crippen MR) is 101 cm³/mol. The van der Waals surface area contributed by atoms with E-state index in [1.165, 1.54) is 29.2 Å². The Labute approximate surface area is 153 Å². The number of nitrogens with one attached hydrogen (secondary N) is 2. The van der Waals surface area contributed by atoms with Gasteiger partial charge in [-0.05, 0) is 36.8 Å². The number of aryl methyl sites for hydroxylation is 1. The molecule has 0 saturated heterocycles. The van der Waals surface area contributed by atoms with Gasteiger partial charge in [0.2, 0.25) is 5.56 Å². The summed E-state index contributed by atoms with van der Waals surface area (Å²) in [6.07, 6.45) is 0. The highest BCUT2D eigenvalue weighted by Gasteiger charge is 2.18. The molecule has 6 nitrogen and oxygen atoms in total. The Morgan fingerprint density at radius 2 is 1.96 bits per heavy atom. The Bertz CT molecular complexity index is 1240. The number of H-pyrrole nitrogens is 2. The van der Waals surface area contributed by atoms with Crippen LogP contribution < -0.4 is 5.56 Å². The van der Waals surface area contributed by atoms with Crippen molar-refractivity contribution < 1.29 is 9.18 Å². The molecule has 0 fully saturated rings. The summed E-state index contributed by atoms with van der Waals surface area (Å²) in [7, 11) is 1.62. The summed E-state index contributed by atoms with van der Waals surface area (Å²) >= 11 is 0. The van der Waals surface area contributed by atoms with Crippen LogP contribution in [0, 0.1) is 12.7 Å². The summed E-state index contributed by atoms with van der Waals surface area (Å²) in [5, 5.41) is 0.368. The Hall–Kier alpha value is -3.48. The minimum Gasteiger partial charge on any atom is -0.340 e. The molecular formula is C20H17FN4O2. The zero-order valence-electron chi connectivity index (χ0n) is 14.8. The van der Waals surface area contributed by atoms with E-state index in [4.69, 9.17) is 0 Å². The van der Waals surface area contributed by atoms with E-state index in [1.807, 2.05) is 25.1 Å². The van der Waals surface area contributed by atoms with E-state index in [-0.39, 0.29) is 18.0 Å². The SMILES string of the molecule is Cc1cccc2[nH]c(CN(C)C(=O)c3cc(=O)[nH]c4ccc(F)cc34)nc12. The number of fused-ring (bicyclic) bond motifs is 2. The van der Waals surface area contributed by atoms with Crippen LogP contribution in [0.2, 0.25) is 0 Å². The molecule has 2 N–H and O–H groups in total. The number of benzene rings is 2. The number of para-hydroxylation sites is 1. The Morgan fingerprint density at radius 3 is 2.74 bits per heavy atom. The lowest BCUT2D eigenvalue weighted by Crippen LogP contribution is -2.28. The lowest BCUT2D eigenvalue weighted by atomic mass is 10.1. The molecule has 0 spiro atoms. The first-order valence-corrected chi connectivity index (χ1v) is 8.44. The number of halogens is 1. The zero-order valence-corrected chi connectivity index (χ0v) is 14.8. The van der Waals surface area contributed by atoms with Crippen LogP contribution in [0.1, 0.15) is 21.7 Å². The van der Waals surface area contributed by atoms with Crippen LogP contribution >= 0.6 is 0 Å². The molecule has 2 aromatic carbocycles. The standard InChI is InChI=1S/C20H17FN4O2/c1-11-4-3-5-16-19(11)24-17(22-16)10-25(2)20(27)14-9-18(26)23-15-7-6-12(21)8-13(14)15/h3-9H,10H2,1-2H3,(H,22,24)(H,23,26). The second-order valence-corrected chi connectivity index (χ2v) is 6.55. The largest absolute Gasteiger partial charge is 0.340 e. The molecule has 0 unspecified atom stereocenters. The summed E-state index contributed by atoms with van der Waals surface area (Å²) in [5.41, 5.74) is 2.96. The Balaban J connectivity index is 1.69. The fourth-order valence-electron chi connectivity index (χ4n) is 3.21. The van der Waals surface area contributed by atoms with E-state index in [9.17, 15) is 14.0 Å². The number of pyridine rings is 1. The van der Waals surface area contributed by atoms with E-state index < -0.39 is 11.4 Å². The average molecular weight is 364 g/mol. The zero-order chi connectivity index (χ0) is 19.1. The van der Waals surface area contributed by atoms with Gasteiger partial charge in [0.15, 0.2) is 0 Å². The molecule has 0 atom stereocenters. The van der Waals surface area contributed by atoms with Crippen molar-refractivity contribution in [1.82, 2.24) is 19.9 Å². The third-order valence-corrected chi connectivity index (χ3v) is 4.53. The van der Waals surface area contributed by atoms with Crippen molar-refractivity contribution in [2.45, 2.75) is 13.5 Å². The topological polar surface area (TPSA) is 81.9 Å². The van der Waals surface area contributed by atoms with Gasteiger partial charge in [-0.3, -0.25) is 9.59 Å². The maximum atomic E-state index is 13.7.